The van der Waals surface area contributed by atoms with Crippen molar-refractivity contribution in [3.05, 3.63) is 76.3 Å². The molecular weight excluding hydrogens is 669 g/mol. The number of hydrogen-bond donors (Lipinski definition) is 2. The van der Waals surface area contributed by atoms with Crippen molar-refractivity contribution in [3.8, 4) is 11.5 Å². The smallest absolute Gasteiger partial charge is 0.265 e. The van der Waals surface area contributed by atoms with Crippen molar-refractivity contribution in [1.82, 2.24) is 0 Å². The Kier molecular flexibility index (Phi) is 14.5. The summed E-state index contributed by atoms with van der Waals surface area (Å²) in [5.41, 5.74) is 5.31. The number of sulfonamides is 1. The maximum Gasteiger partial charge on any atom is 0.265 e. The monoisotopic (exact) mass is 734 g/mol. The second kappa shape index (κ2) is 17.5. The van der Waals surface area contributed by atoms with Gasteiger partial charge in [0.2, 0.25) is 0 Å². The lowest BCUT2D eigenvalue weighted by Crippen LogP contribution is -2.34. The molecule has 0 saturated carbocycles. The van der Waals surface area contributed by atoms with Gasteiger partial charge in [-0.1, -0.05) is 121 Å². The normalized spacial score (nSPS) is 13.1. The summed E-state index contributed by atoms with van der Waals surface area (Å²) >= 11 is 0. The number of nitrogens with one attached hydrogen (secondary N) is 2. The second-order valence-corrected chi connectivity index (χ2v) is 18.1. The standard InChI is InChI=1S/C44H66N2O5S/c1-15-18-19-40(51-39-23-20-32(43(10,11)16-2)26-36(39)44(12,13)17-3)42(47)45-37-22-21-33(50-14)27-38(37)46-52(48,49)41-34(29(6)7)24-31(28(4)5)25-35(41)30(8)9/h20-30,40,46H,15-19H2,1-14H3,(H,45,47). The number of rotatable bonds is 18. The van der Waals surface area contributed by atoms with E-state index in [0.717, 1.165) is 47.9 Å². The van der Waals surface area contributed by atoms with E-state index in [1.54, 1.807) is 18.2 Å². The number of anilines is 2. The van der Waals surface area contributed by atoms with Crippen LogP contribution in [0.4, 0.5) is 11.4 Å². The molecular formula is C44H66N2O5S. The van der Waals surface area contributed by atoms with Gasteiger partial charge in [-0.15, -0.1) is 0 Å². The number of carbonyl (C=O) groups excluding carboxylic acids is 1. The van der Waals surface area contributed by atoms with E-state index in [2.05, 4.69) is 84.5 Å². The summed E-state index contributed by atoms with van der Waals surface area (Å²) in [6, 6.07) is 15.4. The van der Waals surface area contributed by atoms with E-state index in [4.69, 9.17) is 9.47 Å². The molecule has 0 aliphatic rings. The van der Waals surface area contributed by atoms with Crippen LogP contribution >= 0.6 is 0 Å². The summed E-state index contributed by atoms with van der Waals surface area (Å²) in [6.07, 6.45) is 3.28. The SMILES string of the molecule is CCCCC(Oc1ccc(C(C)(C)CC)cc1C(C)(C)CC)C(=O)Nc1ccc(OC)cc1NS(=O)(=O)c1c(C(C)C)cc(C(C)C)cc1C(C)C. The average molecular weight is 735 g/mol. The first-order valence-electron chi connectivity index (χ1n) is 19.2. The fourth-order valence-corrected chi connectivity index (χ4v) is 7.99. The summed E-state index contributed by atoms with van der Waals surface area (Å²) in [7, 11) is -2.58. The maximum atomic E-state index is 14.5. The molecule has 0 heterocycles. The van der Waals surface area contributed by atoms with Crippen LogP contribution in [-0.2, 0) is 25.6 Å². The number of amides is 1. The molecule has 1 unspecified atom stereocenters. The predicted molar refractivity (Wildman–Crippen MR) is 218 cm³/mol. The van der Waals surface area contributed by atoms with Crippen LogP contribution in [0.25, 0.3) is 0 Å². The fraction of sp³-hybridized carbons (Fsp3) is 0.568. The highest BCUT2D eigenvalue weighted by Gasteiger charge is 2.31. The van der Waals surface area contributed by atoms with Gasteiger partial charge in [0.1, 0.15) is 11.5 Å². The zero-order valence-corrected chi connectivity index (χ0v) is 35.2. The van der Waals surface area contributed by atoms with E-state index in [1.807, 2.05) is 45.9 Å². The molecule has 1 atom stereocenters. The molecule has 0 spiro atoms. The van der Waals surface area contributed by atoms with Gasteiger partial charge in [-0.05, 0) is 94.7 Å². The Labute approximate surface area is 315 Å². The van der Waals surface area contributed by atoms with E-state index in [-0.39, 0.29) is 45.1 Å². The van der Waals surface area contributed by atoms with Crippen molar-refractivity contribution < 1.29 is 22.7 Å². The van der Waals surface area contributed by atoms with E-state index < -0.39 is 16.1 Å². The first-order chi connectivity index (χ1) is 24.2. The van der Waals surface area contributed by atoms with Crippen molar-refractivity contribution in [1.29, 1.82) is 0 Å². The molecule has 0 bridgehead atoms. The Balaban J connectivity index is 2.10. The molecule has 3 aromatic carbocycles. The second-order valence-electron chi connectivity index (χ2n) is 16.4. The number of carbonyl (C=O) groups is 1. The van der Waals surface area contributed by atoms with E-state index in [9.17, 15) is 13.2 Å². The van der Waals surface area contributed by atoms with E-state index in [0.29, 0.717) is 23.6 Å². The number of unbranched alkanes of at least 4 members (excludes halogenated alkanes) is 1. The molecule has 0 fully saturated rings. The summed E-state index contributed by atoms with van der Waals surface area (Å²) in [6.45, 7) is 27.7. The van der Waals surface area contributed by atoms with Crippen molar-refractivity contribution in [3.63, 3.8) is 0 Å². The van der Waals surface area contributed by atoms with E-state index in [1.165, 1.54) is 12.7 Å². The van der Waals surface area contributed by atoms with Crippen molar-refractivity contribution in [2.75, 3.05) is 17.1 Å². The molecule has 2 N–H and O–H groups in total. The number of methoxy groups -OCH3 is 1. The molecule has 0 aliphatic heterocycles. The molecule has 52 heavy (non-hydrogen) atoms. The fourth-order valence-electron chi connectivity index (χ4n) is 6.22. The van der Waals surface area contributed by atoms with Crippen molar-refractivity contribution >= 4 is 27.3 Å². The Morgan fingerprint density at radius 2 is 1.37 bits per heavy atom. The highest BCUT2D eigenvalue weighted by Crippen LogP contribution is 2.40. The summed E-state index contributed by atoms with van der Waals surface area (Å²) in [4.78, 5) is 14.5. The number of ether oxygens (including phenoxy) is 2. The third kappa shape index (κ3) is 10.1. The molecule has 7 nitrogen and oxygen atoms in total. The van der Waals surface area contributed by atoms with Crippen LogP contribution in [0, 0.1) is 0 Å². The van der Waals surface area contributed by atoms with Crippen LogP contribution in [-0.4, -0.2) is 27.5 Å². The van der Waals surface area contributed by atoms with Crippen LogP contribution in [0.15, 0.2) is 53.4 Å². The molecule has 0 aromatic heterocycles. The van der Waals surface area contributed by atoms with Crippen LogP contribution in [0.1, 0.15) is 168 Å². The quantitative estimate of drug-likeness (QED) is 0.136. The van der Waals surface area contributed by atoms with Gasteiger partial charge in [0.05, 0.1) is 23.4 Å². The number of benzene rings is 3. The zero-order chi connectivity index (χ0) is 39.2. The largest absolute Gasteiger partial charge is 0.497 e. The van der Waals surface area contributed by atoms with Crippen LogP contribution in [0.5, 0.6) is 11.5 Å². The van der Waals surface area contributed by atoms with Gasteiger partial charge >= 0.3 is 0 Å². The van der Waals surface area contributed by atoms with Crippen LogP contribution < -0.4 is 19.5 Å². The molecule has 1 amide bonds. The summed E-state index contributed by atoms with van der Waals surface area (Å²) < 4.78 is 44.0. The molecule has 3 rings (SSSR count). The van der Waals surface area contributed by atoms with Gasteiger partial charge in [-0.2, -0.15) is 0 Å². The lowest BCUT2D eigenvalue weighted by molar-refractivity contribution is -0.123. The van der Waals surface area contributed by atoms with Crippen molar-refractivity contribution in [2.45, 2.75) is 162 Å². The van der Waals surface area contributed by atoms with Gasteiger partial charge in [-0.25, -0.2) is 8.42 Å². The first-order valence-corrected chi connectivity index (χ1v) is 20.7. The van der Waals surface area contributed by atoms with Crippen LogP contribution in [0.3, 0.4) is 0 Å². The lowest BCUT2D eigenvalue weighted by Gasteiger charge is -2.31. The zero-order valence-electron chi connectivity index (χ0n) is 34.4. The van der Waals surface area contributed by atoms with Gasteiger partial charge in [-0.3, -0.25) is 9.52 Å². The molecule has 0 saturated heterocycles. The third-order valence-electron chi connectivity index (χ3n) is 10.7. The first kappa shape index (κ1) is 42.9. The minimum atomic E-state index is -4.10. The lowest BCUT2D eigenvalue weighted by atomic mass is 9.76. The van der Waals surface area contributed by atoms with E-state index >= 15 is 0 Å². The average Bonchev–Trinajstić information content (AvgIpc) is 3.09. The molecule has 288 valence electrons. The number of hydrogen-bond acceptors (Lipinski definition) is 5. The van der Waals surface area contributed by atoms with Gasteiger partial charge in [0, 0.05) is 11.6 Å². The molecule has 3 aromatic rings. The Morgan fingerprint density at radius 1 is 0.769 bits per heavy atom. The topological polar surface area (TPSA) is 93.7 Å². The Bertz CT molecular complexity index is 1760. The summed E-state index contributed by atoms with van der Waals surface area (Å²) in [5, 5.41) is 3.03. The maximum absolute atomic E-state index is 14.5. The minimum absolute atomic E-state index is 0.00345. The highest BCUT2D eigenvalue weighted by molar-refractivity contribution is 7.92. The summed E-state index contributed by atoms with van der Waals surface area (Å²) in [5.74, 6) is 0.986. The minimum Gasteiger partial charge on any atom is -0.497 e. The molecule has 0 radical (unpaired) electrons. The van der Waals surface area contributed by atoms with Crippen LogP contribution in [0.2, 0.25) is 0 Å². The third-order valence-corrected chi connectivity index (χ3v) is 12.2. The van der Waals surface area contributed by atoms with Gasteiger partial charge in [0.15, 0.2) is 6.10 Å². The Morgan fingerprint density at radius 3 is 1.87 bits per heavy atom. The van der Waals surface area contributed by atoms with Gasteiger partial charge in [0.25, 0.3) is 15.9 Å². The molecule has 0 aliphatic carbocycles. The van der Waals surface area contributed by atoms with Crippen molar-refractivity contribution in [2.24, 2.45) is 0 Å². The predicted octanol–water partition coefficient (Wildman–Crippen LogP) is 11.8. The Hall–Kier alpha value is -3.52. The molecule has 8 heteroatoms. The van der Waals surface area contributed by atoms with Gasteiger partial charge < -0.3 is 14.8 Å². The highest BCUT2D eigenvalue weighted by atomic mass is 32.2.